The molecule has 0 aromatic carbocycles. The fraction of sp³-hybridized carbons (Fsp3) is 0.929. The van der Waals surface area contributed by atoms with Crippen molar-refractivity contribution in [2.45, 2.75) is 57.5 Å². The molecule has 4 atom stereocenters. The van der Waals surface area contributed by atoms with Crippen molar-refractivity contribution in [3.05, 3.63) is 0 Å². The van der Waals surface area contributed by atoms with Crippen LogP contribution in [0.25, 0.3) is 0 Å². The molecule has 3 nitrogen and oxygen atoms in total. The van der Waals surface area contributed by atoms with Crippen LogP contribution in [0.15, 0.2) is 0 Å². The highest BCUT2D eigenvalue weighted by Gasteiger charge is 2.54. The third kappa shape index (κ3) is 2.67. The van der Waals surface area contributed by atoms with Crippen molar-refractivity contribution in [2.24, 2.45) is 17.8 Å². The molecule has 104 valence electrons. The Morgan fingerprint density at radius 2 is 1.78 bits per heavy atom. The van der Waals surface area contributed by atoms with Gasteiger partial charge in [-0.15, -0.1) is 12.4 Å². The number of halogens is 1. The van der Waals surface area contributed by atoms with Gasteiger partial charge in [0.05, 0.1) is 0 Å². The lowest BCUT2D eigenvalue weighted by Crippen LogP contribution is -2.52. The maximum absolute atomic E-state index is 12.2. The summed E-state index contributed by atoms with van der Waals surface area (Å²) in [6.07, 6.45) is 7.59. The van der Waals surface area contributed by atoms with Gasteiger partial charge in [-0.2, -0.15) is 0 Å². The van der Waals surface area contributed by atoms with Gasteiger partial charge in [0.15, 0.2) is 0 Å². The highest BCUT2D eigenvalue weighted by atomic mass is 35.5. The fourth-order valence-electron chi connectivity index (χ4n) is 3.90. The van der Waals surface area contributed by atoms with Crippen LogP contribution in [-0.2, 0) is 4.79 Å². The molecule has 1 saturated heterocycles. The third-order valence-corrected chi connectivity index (χ3v) is 5.05. The van der Waals surface area contributed by atoms with Crippen molar-refractivity contribution in [1.82, 2.24) is 10.6 Å². The first-order valence-electron chi connectivity index (χ1n) is 7.31. The van der Waals surface area contributed by atoms with Crippen molar-refractivity contribution in [2.75, 3.05) is 6.54 Å². The van der Waals surface area contributed by atoms with Gasteiger partial charge in [0.1, 0.15) is 0 Å². The number of nitrogens with one attached hydrogen (secondary N) is 2. The number of fused-ring (bicyclic) bond motifs is 1. The lowest BCUT2D eigenvalue weighted by molar-refractivity contribution is -0.124. The predicted molar refractivity (Wildman–Crippen MR) is 74.8 cm³/mol. The fourth-order valence-corrected chi connectivity index (χ4v) is 3.90. The zero-order valence-corrected chi connectivity index (χ0v) is 12.0. The number of piperidine rings is 1. The normalized spacial score (nSPS) is 42.4. The SMILES string of the molecule is CC1NCCCC1NC(=O)C1C2CCCCC21.Cl. The van der Waals surface area contributed by atoms with E-state index >= 15 is 0 Å². The summed E-state index contributed by atoms with van der Waals surface area (Å²) in [6, 6.07) is 0.799. The molecule has 1 heterocycles. The van der Waals surface area contributed by atoms with Crippen molar-refractivity contribution < 1.29 is 4.79 Å². The van der Waals surface area contributed by atoms with Gasteiger partial charge in [-0.05, 0) is 51.0 Å². The smallest absolute Gasteiger partial charge is 0.223 e. The standard InChI is InChI=1S/C14H24N2O.ClH/c1-9-12(7-4-8-15-9)16-14(17)13-10-5-2-3-6-11(10)13;/h9-13,15H,2-8H2,1H3,(H,16,17);1H. The van der Waals surface area contributed by atoms with E-state index in [2.05, 4.69) is 17.6 Å². The van der Waals surface area contributed by atoms with Gasteiger partial charge >= 0.3 is 0 Å². The molecule has 1 aliphatic heterocycles. The minimum Gasteiger partial charge on any atom is -0.352 e. The van der Waals surface area contributed by atoms with E-state index in [4.69, 9.17) is 0 Å². The minimum absolute atomic E-state index is 0. The third-order valence-electron chi connectivity index (χ3n) is 5.05. The number of hydrogen-bond donors (Lipinski definition) is 2. The molecule has 0 spiro atoms. The van der Waals surface area contributed by atoms with E-state index in [-0.39, 0.29) is 12.4 Å². The Morgan fingerprint density at radius 1 is 1.11 bits per heavy atom. The molecule has 3 fully saturated rings. The highest BCUT2D eigenvalue weighted by Crippen LogP contribution is 2.55. The molecule has 4 unspecified atom stereocenters. The molecule has 3 aliphatic rings. The summed E-state index contributed by atoms with van der Waals surface area (Å²) in [4.78, 5) is 12.2. The summed E-state index contributed by atoms with van der Waals surface area (Å²) >= 11 is 0. The molecule has 0 radical (unpaired) electrons. The van der Waals surface area contributed by atoms with Crippen LogP contribution in [-0.4, -0.2) is 24.5 Å². The zero-order valence-electron chi connectivity index (χ0n) is 11.2. The Bertz CT molecular complexity index is 298. The van der Waals surface area contributed by atoms with E-state index in [0.29, 0.717) is 23.9 Å². The molecule has 0 aromatic rings. The molecule has 3 rings (SSSR count). The number of amides is 1. The maximum Gasteiger partial charge on any atom is 0.223 e. The first-order valence-corrected chi connectivity index (χ1v) is 7.31. The van der Waals surface area contributed by atoms with Crippen LogP contribution in [0.2, 0.25) is 0 Å². The lowest BCUT2D eigenvalue weighted by Gasteiger charge is -2.30. The predicted octanol–water partition coefficient (Wildman–Crippen LogP) is 2.10. The van der Waals surface area contributed by atoms with Gasteiger partial charge in [-0.1, -0.05) is 12.8 Å². The Hall–Kier alpha value is -0.280. The molecular weight excluding hydrogens is 248 g/mol. The molecular formula is C14H25ClN2O. The molecule has 0 bridgehead atoms. The van der Waals surface area contributed by atoms with Crippen LogP contribution < -0.4 is 10.6 Å². The van der Waals surface area contributed by atoms with E-state index < -0.39 is 0 Å². The second kappa shape index (κ2) is 5.79. The van der Waals surface area contributed by atoms with E-state index in [1.807, 2.05) is 0 Å². The molecule has 18 heavy (non-hydrogen) atoms. The molecule has 2 N–H and O–H groups in total. The molecule has 0 aromatic heterocycles. The van der Waals surface area contributed by atoms with Gasteiger partial charge in [-0.25, -0.2) is 0 Å². The first-order chi connectivity index (χ1) is 8.27. The highest BCUT2D eigenvalue weighted by molar-refractivity contribution is 5.85. The zero-order chi connectivity index (χ0) is 11.8. The summed E-state index contributed by atoms with van der Waals surface area (Å²) in [5, 5.41) is 6.73. The van der Waals surface area contributed by atoms with Crippen molar-refractivity contribution in [3.8, 4) is 0 Å². The molecule has 1 amide bonds. The first kappa shape index (κ1) is 14.1. The quantitative estimate of drug-likeness (QED) is 0.808. The largest absolute Gasteiger partial charge is 0.352 e. The van der Waals surface area contributed by atoms with Crippen molar-refractivity contribution >= 4 is 18.3 Å². The second-order valence-corrected chi connectivity index (χ2v) is 6.14. The van der Waals surface area contributed by atoms with Crippen molar-refractivity contribution in [1.29, 1.82) is 0 Å². The Balaban J connectivity index is 0.00000120. The summed E-state index contributed by atoms with van der Waals surface area (Å²) in [7, 11) is 0. The van der Waals surface area contributed by atoms with Crippen LogP contribution in [0.5, 0.6) is 0 Å². The van der Waals surface area contributed by atoms with Gasteiger partial charge in [0, 0.05) is 18.0 Å². The topological polar surface area (TPSA) is 41.1 Å². The van der Waals surface area contributed by atoms with Crippen LogP contribution in [0.4, 0.5) is 0 Å². The van der Waals surface area contributed by atoms with E-state index in [9.17, 15) is 4.79 Å². The van der Waals surface area contributed by atoms with Gasteiger partial charge in [-0.3, -0.25) is 4.79 Å². The lowest BCUT2D eigenvalue weighted by atomic mass is 9.99. The number of rotatable bonds is 2. The van der Waals surface area contributed by atoms with E-state index in [0.717, 1.165) is 24.8 Å². The van der Waals surface area contributed by atoms with Gasteiger partial charge < -0.3 is 10.6 Å². The minimum atomic E-state index is 0. The van der Waals surface area contributed by atoms with Crippen molar-refractivity contribution in [3.63, 3.8) is 0 Å². The monoisotopic (exact) mass is 272 g/mol. The van der Waals surface area contributed by atoms with Crippen LogP contribution in [0, 0.1) is 17.8 Å². The summed E-state index contributed by atoms with van der Waals surface area (Å²) in [5.74, 6) is 2.18. The second-order valence-electron chi connectivity index (χ2n) is 6.14. The number of hydrogen-bond acceptors (Lipinski definition) is 2. The van der Waals surface area contributed by atoms with E-state index in [1.54, 1.807) is 0 Å². The summed E-state index contributed by atoms with van der Waals surface area (Å²) in [5.41, 5.74) is 0. The molecule has 4 heteroatoms. The molecule has 2 aliphatic carbocycles. The Morgan fingerprint density at radius 3 is 2.39 bits per heavy atom. The van der Waals surface area contributed by atoms with E-state index in [1.165, 1.54) is 32.1 Å². The average Bonchev–Trinajstić information content (AvgIpc) is 3.06. The summed E-state index contributed by atoms with van der Waals surface area (Å²) in [6.45, 7) is 3.28. The number of carbonyl (C=O) groups is 1. The summed E-state index contributed by atoms with van der Waals surface area (Å²) < 4.78 is 0. The van der Waals surface area contributed by atoms with Gasteiger partial charge in [0.25, 0.3) is 0 Å². The molecule has 2 saturated carbocycles. The number of carbonyl (C=O) groups excluding carboxylic acids is 1. The van der Waals surface area contributed by atoms with Crippen LogP contribution in [0.1, 0.15) is 45.4 Å². The van der Waals surface area contributed by atoms with Gasteiger partial charge in [0.2, 0.25) is 5.91 Å². The Labute approximate surface area is 116 Å². The Kier molecular flexibility index (Phi) is 4.54. The average molecular weight is 273 g/mol. The maximum atomic E-state index is 12.2. The van der Waals surface area contributed by atoms with Crippen LogP contribution in [0.3, 0.4) is 0 Å². The van der Waals surface area contributed by atoms with Crippen LogP contribution >= 0.6 is 12.4 Å².